The summed E-state index contributed by atoms with van der Waals surface area (Å²) in [6.45, 7) is 5.00. The lowest BCUT2D eigenvalue weighted by Crippen LogP contribution is -2.36. The quantitative estimate of drug-likeness (QED) is 0.463. The average Bonchev–Trinajstić information content (AvgIpc) is 3.11. The van der Waals surface area contributed by atoms with Crippen molar-refractivity contribution in [3.8, 4) is 0 Å². The Morgan fingerprint density at radius 1 is 1.18 bits per heavy atom. The molecule has 1 saturated heterocycles. The van der Waals surface area contributed by atoms with Gasteiger partial charge in [-0.1, -0.05) is 35.5 Å². The number of rotatable bonds is 6. The predicted molar refractivity (Wildman–Crippen MR) is 113 cm³/mol. The number of halogens is 1. The Morgan fingerprint density at radius 3 is 2.79 bits per heavy atom. The van der Waals surface area contributed by atoms with Crippen molar-refractivity contribution in [3.63, 3.8) is 0 Å². The smallest absolute Gasteiger partial charge is 0.191 e. The highest BCUT2D eigenvalue weighted by atomic mass is 35.5. The molecule has 0 saturated carbocycles. The number of thioether (sulfide) groups is 1. The summed E-state index contributed by atoms with van der Waals surface area (Å²) in [5.74, 6) is 3.09. The van der Waals surface area contributed by atoms with Gasteiger partial charge in [-0.25, -0.2) is 9.97 Å². The molecular weight excluding hydrogens is 396 g/mol. The molecule has 7 nitrogen and oxygen atoms in total. The fourth-order valence-corrected chi connectivity index (χ4v) is 3.89. The molecule has 2 N–H and O–H groups in total. The number of H-pyrrole nitrogens is 1. The molecule has 0 radical (unpaired) electrons. The summed E-state index contributed by atoms with van der Waals surface area (Å²) in [7, 11) is 0. The fraction of sp³-hybridized carbons (Fsp3) is 0.316. The van der Waals surface area contributed by atoms with E-state index in [0.29, 0.717) is 18.4 Å². The van der Waals surface area contributed by atoms with E-state index in [0.717, 1.165) is 52.6 Å². The van der Waals surface area contributed by atoms with E-state index in [9.17, 15) is 0 Å². The molecule has 0 bridgehead atoms. The van der Waals surface area contributed by atoms with E-state index < -0.39 is 0 Å². The van der Waals surface area contributed by atoms with Crippen LogP contribution in [0.15, 0.2) is 41.6 Å². The lowest BCUT2D eigenvalue weighted by molar-refractivity contribution is 0.122. The maximum atomic E-state index is 6.09. The van der Waals surface area contributed by atoms with Crippen LogP contribution in [0.4, 0.5) is 17.5 Å². The van der Waals surface area contributed by atoms with Crippen LogP contribution in [0.1, 0.15) is 11.3 Å². The lowest BCUT2D eigenvalue weighted by Gasteiger charge is -2.28. The maximum absolute atomic E-state index is 6.09. The van der Waals surface area contributed by atoms with Crippen molar-refractivity contribution in [1.82, 2.24) is 20.2 Å². The number of benzene rings is 1. The van der Waals surface area contributed by atoms with Crippen molar-refractivity contribution < 1.29 is 4.74 Å². The molecule has 0 spiro atoms. The zero-order chi connectivity index (χ0) is 19.3. The SMILES string of the molecule is Cc1cc(Nc2cc(N3CCOCC3)nc(SCc3cccc(Cl)c3)n2)n[nH]1. The van der Waals surface area contributed by atoms with E-state index in [4.69, 9.17) is 21.3 Å². The van der Waals surface area contributed by atoms with Gasteiger partial charge in [-0.15, -0.1) is 0 Å². The molecule has 1 aromatic carbocycles. The van der Waals surface area contributed by atoms with Crippen molar-refractivity contribution in [2.24, 2.45) is 0 Å². The van der Waals surface area contributed by atoms with Gasteiger partial charge in [-0.3, -0.25) is 5.10 Å². The number of anilines is 3. The van der Waals surface area contributed by atoms with Crippen molar-refractivity contribution in [1.29, 1.82) is 0 Å². The third kappa shape index (κ3) is 4.95. The molecule has 3 aromatic rings. The third-order valence-electron chi connectivity index (χ3n) is 4.25. The van der Waals surface area contributed by atoms with Gasteiger partial charge in [0.1, 0.15) is 11.6 Å². The molecule has 0 atom stereocenters. The Balaban J connectivity index is 1.57. The van der Waals surface area contributed by atoms with E-state index in [2.05, 4.69) is 31.5 Å². The zero-order valence-electron chi connectivity index (χ0n) is 15.5. The first-order valence-corrected chi connectivity index (χ1v) is 10.4. The number of aromatic nitrogens is 4. The average molecular weight is 417 g/mol. The molecular formula is C19H21ClN6OS. The Bertz CT molecular complexity index is 944. The van der Waals surface area contributed by atoms with Gasteiger partial charge < -0.3 is 15.0 Å². The number of nitrogens with one attached hydrogen (secondary N) is 2. The zero-order valence-corrected chi connectivity index (χ0v) is 17.1. The second kappa shape index (κ2) is 8.81. The number of aromatic amines is 1. The Kier molecular flexibility index (Phi) is 5.99. The van der Waals surface area contributed by atoms with E-state index in [-0.39, 0.29) is 0 Å². The van der Waals surface area contributed by atoms with Crippen molar-refractivity contribution in [3.05, 3.63) is 52.7 Å². The van der Waals surface area contributed by atoms with Crippen molar-refractivity contribution >= 4 is 40.8 Å². The number of hydrogen-bond acceptors (Lipinski definition) is 7. The number of nitrogens with zero attached hydrogens (tertiary/aromatic N) is 4. The molecule has 0 amide bonds. The van der Waals surface area contributed by atoms with Gasteiger partial charge in [-0.2, -0.15) is 5.10 Å². The van der Waals surface area contributed by atoms with Gasteiger partial charge in [0.25, 0.3) is 0 Å². The lowest BCUT2D eigenvalue weighted by atomic mass is 10.2. The van der Waals surface area contributed by atoms with Crippen molar-refractivity contribution in [2.45, 2.75) is 17.8 Å². The number of aryl methyl sites for hydroxylation is 1. The first-order valence-electron chi connectivity index (χ1n) is 9.04. The van der Waals surface area contributed by atoms with Crippen LogP contribution >= 0.6 is 23.4 Å². The summed E-state index contributed by atoms with van der Waals surface area (Å²) in [6.07, 6.45) is 0. The molecule has 9 heteroatoms. The number of morpholine rings is 1. The van der Waals surface area contributed by atoms with Crippen LogP contribution in [-0.2, 0) is 10.5 Å². The molecule has 28 heavy (non-hydrogen) atoms. The number of ether oxygens (including phenoxy) is 1. The standard InChI is InChI=1S/C19H21ClN6OS/c1-13-9-17(25-24-13)21-16-11-18(26-5-7-27-8-6-26)23-19(22-16)28-12-14-3-2-4-15(20)10-14/h2-4,9-11H,5-8,12H2,1H3,(H2,21,22,23,24,25). The first-order chi connectivity index (χ1) is 13.7. The highest BCUT2D eigenvalue weighted by Gasteiger charge is 2.16. The summed E-state index contributed by atoms with van der Waals surface area (Å²) >= 11 is 7.68. The van der Waals surface area contributed by atoms with Crippen LogP contribution in [0.5, 0.6) is 0 Å². The van der Waals surface area contributed by atoms with Crippen LogP contribution in [0, 0.1) is 6.92 Å². The molecule has 146 valence electrons. The van der Waals surface area contributed by atoms with E-state index in [1.807, 2.05) is 37.3 Å². The predicted octanol–water partition coefficient (Wildman–Crippen LogP) is 4.03. The van der Waals surface area contributed by atoms with Crippen LogP contribution < -0.4 is 10.2 Å². The Morgan fingerprint density at radius 2 is 2.04 bits per heavy atom. The Labute approximate surface area is 172 Å². The Hall–Kier alpha value is -2.29. The normalized spacial score (nSPS) is 14.3. The fourth-order valence-electron chi connectivity index (χ4n) is 2.88. The van der Waals surface area contributed by atoms with Crippen LogP contribution in [0.25, 0.3) is 0 Å². The minimum atomic E-state index is 0.705. The van der Waals surface area contributed by atoms with E-state index in [1.54, 1.807) is 11.8 Å². The highest BCUT2D eigenvalue weighted by molar-refractivity contribution is 7.98. The molecule has 1 fully saturated rings. The first kappa shape index (κ1) is 19.0. The molecule has 4 rings (SSSR count). The maximum Gasteiger partial charge on any atom is 0.191 e. The summed E-state index contributed by atoms with van der Waals surface area (Å²) in [6, 6.07) is 11.7. The minimum absolute atomic E-state index is 0.705. The minimum Gasteiger partial charge on any atom is -0.378 e. The van der Waals surface area contributed by atoms with Gasteiger partial charge >= 0.3 is 0 Å². The molecule has 1 aliphatic rings. The number of hydrogen-bond donors (Lipinski definition) is 2. The summed E-state index contributed by atoms with van der Waals surface area (Å²) < 4.78 is 5.46. The second-order valence-corrected chi connectivity index (χ2v) is 7.85. The van der Waals surface area contributed by atoms with Gasteiger partial charge in [-0.05, 0) is 24.6 Å². The third-order valence-corrected chi connectivity index (χ3v) is 5.40. The van der Waals surface area contributed by atoms with Gasteiger partial charge in [0.15, 0.2) is 11.0 Å². The van der Waals surface area contributed by atoms with Crippen molar-refractivity contribution in [2.75, 3.05) is 36.5 Å². The molecule has 0 aliphatic carbocycles. The van der Waals surface area contributed by atoms with E-state index >= 15 is 0 Å². The van der Waals surface area contributed by atoms with Crippen LogP contribution in [0.3, 0.4) is 0 Å². The largest absolute Gasteiger partial charge is 0.378 e. The highest BCUT2D eigenvalue weighted by Crippen LogP contribution is 2.27. The van der Waals surface area contributed by atoms with Gasteiger partial charge in [0.05, 0.1) is 13.2 Å². The van der Waals surface area contributed by atoms with Gasteiger partial charge in [0, 0.05) is 41.7 Å². The summed E-state index contributed by atoms with van der Waals surface area (Å²) in [4.78, 5) is 11.6. The topological polar surface area (TPSA) is 79.0 Å². The molecule has 0 unspecified atom stereocenters. The summed E-state index contributed by atoms with van der Waals surface area (Å²) in [5, 5.41) is 11.9. The van der Waals surface area contributed by atoms with Crippen LogP contribution in [-0.4, -0.2) is 46.5 Å². The summed E-state index contributed by atoms with van der Waals surface area (Å²) in [5.41, 5.74) is 2.12. The second-order valence-electron chi connectivity index (χ2n) is 6.47. The van der Waals surface area contributed by atoms with Gasteiger partial charge in [0.2, 0.25) is 0 Å². The van der Waals surface area contributed by atoms with Crippen LogP contribution in [0.2, 0.25) is 5.02 Å². The van der Waals surface area contributed by atoms with E-state index in [1.165, 1.54) is 0 Å². The monoisotopic (exact) mass is 416 g/mol. The molecule has 3 heterocycles. The molecule has 1 aliphatic heterocycles. The molecule has 2 aromatic heterocycles.